The molecule has 0 aliphatic heterocycles. The molecule has 0 aromatic heterocycles. The number of hydrogen-bond donors (Lipinski definition) is 3. The molecule has 31 heavy (non-hydrogen) atoms. The lowest BCUT2D eigenvalue weighted by molar-refractivity contribution is -0.145. The van der Waals surface area contributed by atoms with Crippen molar-refractivity contribution in [1.82, 2.24) is 4.72 Å². The van der Waals surface area contributed by atoms with E-state index in [2.05, 4.69) is 9.71 Å². The molecule has 2 aromatic rings. The van der Waals surface area contributed by atoms with E-state index in [9.17, 15) is 13.2 Å². The zero-order valence-electron chi connectivity index (χ0n) is 18.2. The number of nitrogens with two attached hydrogens (primary N) is 2. The van der Waals surface area contributed by atoms with Crippen LogP contribution < -0.4 is 21.1 Å². The Morgan fingerprint density at radius 1 is 1.16 bits per heavy atom. The number of benzene rings is 2. The second-order valence-corrected chi connectivity index (χ2v) is 9.00. The van der Waals surface area contributed by atoms with Crippen LogP contribution in [0.15, 0.2) is 46.3 Å². The number of hydrogen-bond acceptors (Lipinski definition) is 6. The predicted molar refractivity (Wildman–Crippen MR) is 124 cm³/mol. The summed E-state index contributed by atoms with van der Waals surface area (Å²) in [6, 6.07) is 9.51. The Kier molecular flexibility index (Phi) is 8.64. The van der Waals surface area contributed by atoms with Crippen LogP contribution in [-0.2, 0) is 19.6 Å². The van der Waals surface area contributed by atoms with Crippen molar-refractivity contribution >= 4 is 38.4 Å². The smallest absolute Gasteiger partial charge is 0.324 e. The molecule has 0 unspecified atom stereocenters. The van der Waals surface area contributed by atoms with Crippen molar-refractivity contribution in [3.8, 4) is 0 Å². The molecule has 0 spiro atoms. The van der Waals surface area contributed by atoms with Crippen LogP contribution in [0, 0.1) is 0 Å². The average Bonchev–Trinajstić information content (AvgIpc) is 2.72. The third-order valence-electron chi connectivity index (χ3n) is 4.61. The predicted octanol–water partition coefficient (Wildman–Crippen LogP) is 1.56. The number of carbonyl (C=O) groups is 1. The third-order valence-corrected chi connectivity index (χ3v) is 6.14. The van der Waals surface area contributed by atoms with Crippen LogP contribution >= 0.6 is 0 Å². The van der Waals surface area contributed by atoms with Crippen LogP contribution in [0.25, 0.3) is 10.8 Å². The van der Waals surface area contributed by atoms with Crippen molar-refractivity contribution in [3.63, 3.8) is 0 Å². The minimum Gasteiger partial charge on any atom is -0.465 e. The molecular formula is C21H31N5O4S. The lowest BCUT2D eigenvalue weighted by atomic mass is 10.1. The number of ether oxygens (including phenoxy) is 1. The number of aliphatic imine (C=N–C) groups is 1. The Bertz CT molecular complexity index is 1030. The maximum Gasteiger partial charge on any atom is 0.324 e. The molecule has 0 amide bonds. The van der Waals surface area contributed by atoms with E-state index in [1.807, 2.05) is 38.1 Å². The van der Waals surface area contributed by atoms with E-state index in [0.717, 1.165) is 11.1 Å². The fourth-order valence-electron chi connectivity index (χ4n) is 3.17. The van der Waals surface area contributed by atoms with Gasteiger partial charge in [0.2, 0.25) is 10.0 Å². The van der Waals surface area contributed by atoms with Crippen molar-refractivity contribution < 1.29 is 17.9 Å². The summed E-state index contributed by atoms with van der Waals surface area (Å²) in [4.78, 5) is 18.4. The van der Waals surface area contributed by atoms with E-state index < -0.39 is 22.0 Å². The van der Waals surface area contributed by atoms with Gasteiger partial charge >= 0.3 is 5.97 Å². The summed E-state index contributed by atoms with van der Waals surface area (Å²) in [6.07, 6.45) is 1.24. The SMILES string of the molecule is CCCOC(=O)[C@H](CCCN=C(N)N)NS(=O)(=O)c1cccc2c(N(C)C)cccc12. The maximum atomic E-state index is 13.3. The Hall–Kier alpha value is -2.85. The lowest BCUT2D eigenvalue weighted by Crippen LogP contribution is -2.42. The summed E-state index contributed by atoms with van der Waals surface area (Å²) in [7, 11) is -0.220. The van der Waals surface area contributed by atoms with E-state index in [0.29, 0.717) is 18.2 Å². The number of esters is 1. The average molecular weight is 450 g/mol. The first kappa shape index (κ1) is 24.4. The lowest BCUT2D eigenvalue weighted by Gasteiger charge is -2.20. The van der Waals surface area contributed by atoms with E-state index in [-0.39, 0.29) is 30.4 Å². The van der Waals surface area contributed by atoms with Crippen molar-refractivity contribution in [2.24, 2.45) is 16.5 Å². The number of sulfonamides is 1. The van der Waals surface area contributed by atoms with Gasteiger partial charge in [-0.15, -0.1) is 0 Å². The topological polar surface area (TPSA) is 140 Å². The maximum absolute atomic E-state index is 13.3. The van der Waals surface area contributed by atoms with Gasteiger partial charge in [-0.25, -0.2) is 8.42 Å². The van der Waals surface area contributed by atoms with Gasteiger partial charge in [0.25, 0.3) is 0 Å². The standard InChI is InChI=1S/C21H31N5O4S/c1-4-14-30-20(27)17(10-7-13-24-21(22)23)25-31(28,29)19-12-6-8-15-16(19)9-5-11-18(15)26(2)3/h5-6,8-9,11-12,17,25H,4,7,10,13-14H2,1-3H3,(H4,22,23,24)/t17-/m0/s1. The number of nitrogens with zero attached hydrogens (tertiary/aromatic N) is 2. The van der Waals surface area contributed by atoms with E-state index in [4.69, 9.17) is 16.2 Å². The van der Waals surface area contributed by atoms with Crippen molar-refractivity contribution in [2.75, 3.05) is 32.1 Å². The van der Waals surface area contributed by atoms with Gasteiger partial charge in [0, 0.05) is 37.1 Å². The molecule has 0 heterocycles. The quantitative estimate of drug-likeness (QED) is 0.205. The molecule has 0 saturated carbocycles. The molecule has 1 atom stereocenters. The Morgan fingerprint density at radius 3 is 2.48 bits per heavy atom. The molecule has 0 aliphatic carbocycles. The number of nitrogens with one attached hydrogen (secondary N) is 1. The molecule has 5 N–H and O–H groups in total. The van der Waals surface area contributed by atoms with Gasteiger partial charge in [0.05, 0.1) is 11.5 Å². The number of guanidine groups is 1. The molecular weight excluding hydrogens is 418 g/mol. The summed E-state index contributed by atoms with van der Waals surface area (Å²) in [5.41, 5.74) is 11.5. The molecule has 9 nitrogen and oxygen atoms in total. The first-order valence-corrected chi connectivity index (χ1v) is 11.6. The van der Waals surface area contributed by atoms with Gasteiger partial charge < -0.3 is 21.1 Å². The highest BCUT2D eigenvalue weighted by atomic mass is 32.2. The Balaban J connectivity index is 2.35. The zero-order valence-corrected chi connectivity index (χ0v) is 19.0. The van der Waals surface area contributed by atoms with Gasteiger partial charge in [-0.3, -0.25) is 9.79 Å². The molecule has 0 bridgehead atoms. The molecule has 10 heteroatoms. The van der Waals surface area contributed by atoms with Gasteiger partial charge in [-0.05, 0) is 31.4 Å². The first-order chi connectivity index (χ1) is 14.7. The second-order valence-electron chi connectivity index (χ2n) is 7.31. The highest BCUT2D eigenvalue weighted by molar-refractivity contribution is 7.89. The van der Waals surface area contributed by atoms with Crippen LogP contribution in [0.2, 0.25) is 0 Å². The minimum atomic E-state index is -4.01. The van der Waals surface area contributed by atoms with Gasteiger partial charge in [-0.2, -0.15) is 4.72 Å². The van der Waals surface area contributed by atoms with Crippen molar-refractivity contribution in [1.29, 1.82) is 0 Å². The largest absolute Gasteiger partial charge is 0.465 e. The molecule has 2 aromatic carbocycles. The normalized spacial score (nSPS) is 12.4. The van der Waals surface area contributed by atoms with Gasteiger partial charge in [-0.1, -0.05) is 31.2 Å². The fraction of sp³-hybridized carbons (Fsp3) is 0.429. The minimum absolute atomic E-state index is 0.0573. The number of anilines is 1. The van der Waals surface area contributed by atoms with Crippen LogP contribution in [-0.4, -0.2) is 53.6 Å². The number of rotatable bonds is 11. The second kappa shape index (κ2) is 11.0. The molecule has 2 rings (SSSR count). The van der Waals surface area contributed by atoms with Crippen LogP contribution in [0.1, 0.15) is 26.2 Å². The summed E-state index contributed by atoms with van der Waals surface area (Å²) in [5, 5.41) is 1.37. The Morgan fingerprint density at radius 2 is 1.84 bits per heavy atom. The first-order valence-electron chi connectivity index (χ1n) is 10.1. The Labute approximate surface area is 183 Å². The van der Waals surface area contributed by atoms with Gasteiger partial charge in [0.1, 0.15) is 6.04 Å². The highest BCUT2D eigenvalue weighted by Gasteiger charge is 2.28. The van der Waals surface area contributed by atoms with E-state index in [1.165, 1.54) is 6.07 Å². The molecule has 0 aliphatic rings. The van der Waals surface area contributed by atoms with Crippen LogP contribution in [0.3, 0.4) is 0 Å². The van der Waals surface area contributed by atoms with Crippen molar-refractivity contribution in [2.45, 2.75) is 37.1 Å². The van der Waals surface area contributed by atoms with Crippen molar-refractivity contribution in [3.05, 3.63) is 36.4 Å². The van der Waals surface area contributed by atoms with E-state index >= 15 is 0 Å². The van der Waals surface area contributed by atoms with E-state index in [1.54, 1.807) is 18.2 Å². The zero-order chi connectivity index (χ0) is 23.0. The van der Waals surface area contributed by atoms with Crippen LogP contribution in [0.4, 0.5) is 5.69 Å². The molecule has 170 valence electrons. The summed E-state index contributed by atoms with van der Waals surface area (Å²) < 4.78 is 34.2. The fourth-order valence-corrected chi connectivity index (χ4v) is 4.61. The summed E-state index contributed by atoms with van der Waals surface area (Å²) >= 11 is 0. The summed E-state index contributed by atoms with van der Waals surface area (Å²) in [5.74, 6) is -0.678. The molecule has 0 radical (unpaired) electrons. The summed E-state index contributed by atoms with van der Waals surface area (Å²) in [6.45, 7) is 2.36. The monoisotopic (exact) mass is 449 g/mol. The molecule has 0 fully saturated rings. The number of carbonyl (C=O) groups excluding carboxylic acids is 1. The van der Waals surface area contributed by atoms with Gasteiger partial charge in [0.15, 0.2) is 5.96 Å². The molecule has 0 saturated heterocycles. The highest BCUT2D eigenvalue weighted by Crippen LogP contribution is 2.30. The third kappa shape index (κ3) is 6.56. The number of fused-ring (bicyclic) bond motifs is 1. The van der Waals surface area contributed by atoms with Crippen LogP contribution in [0.5, 0.6) is 0 Å².